The Morgan fingerprint density at radius 3 is 2.22 bits per heavy atom. The van der Waals surface area contributed by atoms with E-state index < -0.39 is 36.1 Å². The average molecular weight is 567 g/mol. The second-order valence-corrected chi connectivity index (χ2v) is 10.4. The number of carbonyl (C=O) groups excluding carboxylic acids is 4. The summed E-state index contributed by atoms with van der Waals surface area (Å²) in [6.07, 6.45) is 2.10. The molecule has 2 aromatic rings. The number of amides is 3. The standard InChI is InChI=1S/C31H42N4O6/c1-21(37)29(33)30(39)35(28(38)16-3-2-9-17-32)22(19-36)11-8-10-18-34-31(40)41-20-27-25-14-6-4-12-23(25)24-13-5-7-15-26(24)27/h4-7,12-15,19,21-22,27,29,37H,2-3,8-11,16-18,20,32-33H2,1H3,(H,34,40)/t21-,22+,29+/m1/s1. The molecule has 0 fully saturated rings. The van der Waals surface area contributed by atoms with E-state index in [2.05, 4.69) is 29.6 Å². The van der Waals surface area contributed by atoms with Gasteiger partial charge in [0.25, 0.3) is 0 Å². The Labute approximate surface area is 241 Å². The van der Waals surface area contributed by atoms with Crippen molar-refractivity contribution < 1.29 is 29.0 Å². The quantitative estimate of drug-likeness (QED) is 0.178. The van der Waals surface area contributed by atoms with E-state index in [1.807, 2.05) is 24.3 Å². The van der Waals surface area contributed by atoms with Gasteiger partial charge in [-0.1, -0.05) is 55.0 Å². The van der Waals surface area contributed by atoms with Gasteiger partial charge in [-0.2, -0.15) is 0 Å². The van der Waals surface area contributed by atoms with Crippen LogP contribution in [-0.4, -0.2) is 72.1 Å². The molecule has 1 aliphatic carbocycles. The van der Waals surface area contributed by atoms with Crippen LogP contribution < -0.4 is 16.8 Å². The van der Waals surface area contributed by atoms with Crippen LogP contribution in [0.4, 0.5) is 4.79 Å². The topological polar surface area (TPSA) is 165 Å². The Kier molecular flexibility index (Phi) is 12.5. The van der Waals surface area contributed by atoms with E-state index in [0.29, 0.717) is 38.6 Å². The number of nitrogens with two attached hydrogens (primary N) is 2. The molecule has 0 saturated heterocycles. The molecule has 222 valence electrons. The molecule has 0 aromatic heterocycles. The number of hydrogen-bond donors (Lipinski definition) is 4. The number of fused-ring (bicyclic) bond motifs is 3. The van der Waals surface area contributed by atoms with E-state index in [1.165, 1.54) is 6.92 Å². The molecule has 0 unspecified atom stereocenters. The fourth-order valence-electron chi connectivity index (χ4n) is 5.13. The maximum atomic E-state index is 12.9. The van der Waals surface area contributed by atoms with Gasteiger partial charge < -0.3 is 31.4 Å². The van der Waals surface area contributed by atoms with Crippen LogP contribution in [0.25, 0.3) is 11.1 Å². The maximum absolute atomic E-state index is 12.9. The molecule has 2 aromatic carbocycles. The van der Waals surface area contributed by atoms with E-state index in [9.17, 15) is 24.3 Å². The molecule has 41 heavy (non-hydrogen) atoms. The van der Waals surface area contributed by atoms with E-state index in [4.69, 9.17) is 16.2 Å². The third kappa shape index (κ3) is 8.45. The highest BCUT2D eigenvalue weighted by molar-refractivity contribution is 6.00. The Morgan fingerprint density at radius 1 is 1.00 bits per heavy atom. The molecule has 6 N–H and O–H groups in total. The summed E-state index contributed by atoms with van der Waals surface area (Å²) in [5, 5.41) is 12.5. The second kappa shape index (κ2) is 16.0. The van der Waals surface area contributed by atoms with Gasteiger partial charge in [0.2, 0.25) is 11.8 Å². The molecule has 10 nitrogen and oxygen atoms in total. The van der Waals surface area contributed by atoms with Crippen molar-refractivity contribution in [3.8, 4) is 11.1 Å². The molecular weight excluding hydrogens is 524 g/mol. The lowest BCUT2D eigenvalue weighted by Crippen LogP contribution is -2.55. The largest absolute Gasteiger partial charge is 0.449 e. The van der Waals surface area contributed by atoms with Crippen molar-refractivity contribution in [2.75, 3.05) is 19.7 Å². The average Bonchev–Trinajstić information content (AvgIpc) is 3.30. The fourth-order valence-corrected chi connectivity index (χ4v) is 5.13. The van der Waals surface area contributed by atoms with Gasteiger partial charge in [-0.3, -0.25) is 14.5 Å². The highest BCUT2D eigenvalue weighted by Crippen LogP contribution is 2.44. The molecule has 0 radical (unpaired) electrons. The van der Waals surface area contributed by atoms with Crippen LogP contribution in [0.1, 0.15) is 68.9 Å². The molecule has 10 heteroatoms. The van der Waals surface area contributed by atoms with Gasteiger partial charge in [-0.05, 0) is 67.8 Å². The summed E-state index contributed by atoms with van der Waals surface area (Å²) in [5.41, 5.74) is 15.9. The lowest BCUT2D eigenvalue weighted by molar-refractivity contribution is -0.152. The molecule has 3 rings (SSSR count). The minimum Gasteiger partial charge on any atom is -0.449 e. The number of imide groups is 1. The van der Waals surface area contributed by atoms with Crippen LogP contribution in [0.5, 0.6) is 0 Å². The predicted octanol–water partition coefficient (Wildman–Crippen LogP) is 2.85. The first-order valence-electron chi connectivity index (χ1n) is 14.3. The van der Waals surface area contributed by atoms with Crippen molar-refractivity contribution in [1.82, 2.24) is 10.2 Å². The maximum Gasteiger partial charge on any atom is 0.407 e. The molecule has 0 spiro atoms. The van der Waals surface area contributed by atoms with E-state index in [0.717, 1.165) is 40.0 Å². The van der Waals surface area contributed by atoms with Crippen molar-refractivity contribution >= 4 is 24.2 Å². The summed E-state index contributed by atoms with van der Waals surface area (Å²) in [4.78, 5) is 51.0. The number of aliphatic hydroxyl groups is 1. The molecule has 0 heterocycles. The zero-order valence-electron chi connectivity index (χ0n) is 23.7. The Morgan fingerprint density at radius 2 is 1.63 bits per heavy atom. The van der Waals surface area contributed by atoms with E-state index in [1.54, 1.807) is 0 Å². The monoisotopic (exact) mass is 566 g/mol. The Hall–Kier alpha value is -3.60. The molecule has 0 bridgehead atoms. The molecular formula is C31H42N4O6. The van der Waals surface area contributed by atoms with E-state index in [-0.39, 0.29) is 25.4 Å². The molecule has 0 saturated carbocycles. The van der Waals surface area contributed by atoms with Gasteiger partial charge in [0.15, 0.2) is 0 Å². The first-order chi connectivity index (χ1) is 19.8. The summed E-state index contributed by atoms with van der Waals surface area (Å²) >= 11 is 0. The van der Waals surface area contributed by atoms with Gasteiger partial charge >= 0.3 is 6.09 Å². The lowest BCUT2D eigenvalue weighted by atomic mass is 9.98. The number of unbranched alkanes of at least 4 members (excludes halogenated alkanes) is 3. The SMILES string of the molecule is C[C@@H](O)[C@H](N)C(=O)N(C(=O)CCCCCN)[C@H](C=O)CCCCNC(=O)OCC1c2ccccc2-c2ccccc21. The summed E-state index contributed by atoms with van der Waals surface area (Å²) < 4.78 is 5.54. The van der Waals surface area contributed by atoms with E-state index >= 15 is 0 Å². The number of aldehydes is 1. The first-order valence-corrected chi connectivity index (χ1v) is 14.3. The Bertz CT molecular complexity index is 1140. The van der Waals surface area contributed by atoms with Gasteiger partial charge in [0.1, 0.15) is 18.9 Å². The number of nitrogens with one attached hydrogen (secondary N) is 1. The molecule has 0 aliphatic heterocycles. The van der Waals surface area contributed by atoms with Crippen LogP contribution in [0.15, 0.2) is 48.5 Å². The number of aliphatic hydroxyl groups excluding tert-OH is 1. The van der Waals surface area contributed by atoms with Crippen molar-refractivity contribution in [1.29, 1.82) is 0 Å². The smallest absolute Gasteiger partial charge is 0.407 e. The van der Waals surface area contributed by atoms with Crippen LogP contribution in [0, 0.1) is 0 Å². The van der Waals surface area contributed by atoms with Gasteiger partial charge in [-0.15, -0.1) is 0 Å². The summed E-state index contributed by atoms with van der Waals surface area (Å²) in [6.45, 7) is 2.37. The summed E-state index contributed by atoms with van der Waals surface area (Å²) in [6, 6.07) is 13.9. The highest BCUT2D eigenvalue weighted by Gasteiger charge is 2.34. The predicted molar refractivity (Wildman–Crippen MR) is 156 cm³/mol. The zero-order chi connectivity index (χ0) is 29.8. The number of nitrogens with zero attached hydrogens (tertiary/aromatic N) is 1. The molecule has 1 aliphatic rings. The van der Waals surface area contributed by atoms with Gasteiger partial charge in [-0.25, -0.2) is 4.79 Å². The normalized spacial score (nSPS) is 14.3. The van der Waals surface area contributed by atoms with Crippen LogP contribution in [0.3, 0.4) is 0 Å². The van der Waals surface area contributed by atoms with Crippen molar-refractivity contribution in [2.45, 2.75) is 76.0 Å². The first kappa shape index (κ1) is 31.9. The summed E-state index contributed by atoms with van der Waals surface area (Å²) in [5.74, 6) is -1.32. The third-order valence-electron chi connectivity index (χ3n) is 7.43. The van der Waals surface area contributed by atoms with Crippen molar-refractivity contribution in [2.24, 2.45) is 11.5 Å². The molecule has 3 amide bonds. The zero-order valence-corrected chi connectivity index (χ0v) is 23.7. The minimum absolute atomic E-state index is 0.0362. The number of carbonyl (C=O) groups is 4. The van der Waals surface area contributed by atoms with Crippen LogP contribution in [-0.2, 0) is 19.1 Å². The third-order valence-corrected chi connectivity index (χ3v) is 7.43. The van der Waals surface area contributed by atoms with Crippen LogP contribution in [0.2, 0.25) is 0 Å². The van der Waals surface area contributed by atoms with Crippen molar-refractivity contribution in [3.63, 3.8) is 0 Å². The highest BCUT2D eigenvalue weighted by atomic mass is 16.5. The van der Waals surface area contributed by atoms with Crippen molar-refractivity contribution in [3.05, 3.63) is 59.7 Å². The van der Waals surface area contributed by atoms with Crippen LogP contribution >= 0.6 is 0 Å². The number of hydrogen-bond acceptors (Lipinski definition) is 8. The van der Waals surface area contributed by atoms with Gasteiger partial charge in [0, 0.05) is 18.9 Å². The Balaban J connectivity index is 1.48. The fraction of sp³-hybridized carbons (Fsp3) is 0.484. The lowest BCUT2D eigenvalue weighted by Gasteiger charge is -2.30. The molecule has 3 atom stereocenters. The summed E-state index contributed by atoms with van der Waals surface area (Å²) in [7, 11) is 0. The number of alkyl carbamates (subject to hydrolysis) is 1. The number of benzene rings is 2. The second-order valence-electron chi connectivity index (χ2n) is 10.4. The number of ether oxygens (including phenoxy) is 1. The number of rotatable bonds is 16. The van der Waals surface area contributed by atoms with Gasteiger partial charge in [0.05, 0.1) is 12.1 Å². The minimum atomic E-state index is -1.32.